The minimum Gasteiger partial charge on any atom is -0.481 e. The van der Waals surface area contributed by atoms with E-state index < -0.39 is 38.3 Å². The summed E-state index contributed by atoms with van der Waals surface area (Å²) in [5, 5.41) is 22.3. The number of fused-ring (bicyclic) bond motifs is 1. The summed E-state index contributed by atoms with van der Waals surface area (Å²) in [5.41, 5.74) is 1.17. The van der Waals surface area contributed by atoms with Gasteiger partial charge in [0.1, 0.15) is 0 Å². The summed E-state index contributed by atoms with van der Waals surface area (Å²) in [4.78, 5) is 31.6. The molecule has 0 saturated heterocycles. The summed E-state index contributed by atoms with van der Waals surface area (Å²) in [5.74, 6) is -2.44. The maximum absolute atomic E-state index is 12.3. The first-order valence-electron chi connectivity index (χ1n) is 8.77. The van der Waals surface area contributed by atoms with Gasteiger partial charge in [0.15, 0.2) is 0 Å². The van der Waals surface area contributed by atoms with Crippen molar-refractivity contribution in [2.75, 3.05) is 6.16 Å². The predicted molar refractivity (Wildman–Crippen MR) is 103 cm³/mol. The molecule has 0 radical (unpaired) electrons. The van der Waals surface area contributed by atoms with Crippen LogP contribution in [0.2, 0.25) is 0 Å². The Morgan fingerprint density at radius 3 is 2.26 bits per heavy atom. The van der Waals surface area contributed by atoms with Gasteiger partial charge >= 0.3 is 11.9 Å². The molecule has 0 aliphatic rings. The quantitative estimate of drug-likeness (QED) is 0.341. The fourth-order valence-corrected chi connectivity index (χ4v) is 4.62. The van der Waals surface area contributed by atoms with Gasteiger partial charge in [0.05, 0.1) is 12.8 Å². The number of unbranched alkanes of at least 4 members (excludes halogenated alkanes) is 1. The van der Waals surface area contributed by atoms with E-state index in [-0.39, 0.29) is 6.16 Å². The Balaban J connectivity index is 1.88. The van der Waals surface area contributed by atoms with E-state index in [2.05, 4.69) is 5.09 Å². The van der Waals surface area contributed by atoms with Crippen molar-refractivity contribution in [3.8, 4) is 0 Å². The van der Waals surface area contributed by atoms with Crippen molar-refractivity contribution >= 4 is 30.2 Å². The van der Waals surface area contributed by atoms with E-state index in [4.69, 9.17) is 10.2 Å². The smallest absolute Gasteiger partial charge is 0.304 e. The number of carbonyl (C=O) groups is 2. The molecule has 7 nitrogen and oxygen atoms in total. The summed E-state index contributed by atoms with van der Waals surface area (Å²) in [6.45, 7) is 0. The number of carboxylic acids is 2. The maximum Gasteiger partial charge on any atom is 0.304 e. The normalized spacial score (nSPS) is 13.6. The van der Waals surface area contributed by atoms with Gasteiger partial charge in [-0.05, 0) is 35.6 Å². The van der Waals surface area contributed by atoms with Crippen LogP contribution in [0.3, 0.4) is 0 Å². The van der Waals surface area contributed by atoms with E-state index in [1.807, 2.05) is 42.5 Å². The van der Waals surface area contributed by atoms with E-state index in [1.165, 1.54) is 5.56 Å². The molecule has 0 bridgehead atoms. The number of nitrogens with one attached hydrogen (secondary N) is 1. The average molecular weight is 393 g/mol. The summed E-state index contributed by atoms with van der Waals surface area (Å²) in [6.07, 6.45) is 0.849. The summed E-state index contributed by atoms with van der Waals surface area (Å²) < 4.78 is 12.3. The van der Waals surface area contributed by atoms with Crippen molar-refractivity contribution in [3.05, 3.63) is 48.0 Å². The number of hydrogen-bond donors (Lipinski definition) is 4. The van der Waals surface area contributed by atoms with Gasteiger partial charge in [-0.25, -0.2) is 5.09 Å². The average Bonchev–Trinajstić information content (AvgIpc) is 2.57. The third-order valence-corrected chi connectivity index (χ3v) is 5.95. The lowest BCUT2D eigenvalue weighted by Gasteiger charge is -2.20. The lowest BCUT2D eigenvalue weighted by atomic mass is 10.0. The highest BCUT2D eigenvalue weighted by atomic mass is 31.2. The molecule has 0 aliphatic carbocycles. The Kier molecular flexibility index (Phi) is 7.54. The van der Waals surface area contributed by atoms with Gasteiger partial charge in [-0.1, -0.05) is 42.5 Å². The number of rotatable bonds is 11. The highest BCUT2D eigenvalue weighted by molar-refractivity contribution is 7.55. The number of carboxylic acid groups (broad SMARTS) is 2. The highest BCUT2D eigenvalue weighted by Crippen LogP contribution is 2.38. The van der Waals surface area contributed by atoms with Crippen LogP contribution in [0.5, 0.6) is 0 Å². The fraction of sp³-hybridized carbons (Fsp3) is 0.368. The monoisotopic (exact) mass is 393 g/mol. The molecule has 1 unspecified atom stereocenters. The van der Waals surface area contributed by atoms with Crippen molar-refractivity contribution in [2.24, 2.45) is 0 Å². The van der Waals surface area contributed by atoms with Gasteiger partial charge in [0.2, 0.25) is 0 Å². The van der Waals surface area contributed by atoms with Crippen LogP contribution in [0.15, 0.2) is 42.5 Å². The SMILES string of the molecule is O=C(O)CC(CC(=O)O)NP(=O)(O)CCCCc1cccc2ccccc12. The number of aliphatic carboxylic acids is 2. The molecular weight excluding hydrogens is 369 g/mol. The Morgan fingerprint density at radius 1 is 0.963 bits per heavy atom. The topological polar surface area (TPSA) is 124 Å². The van der Waals surface area contributed by atoms with Crippen molar-refractivity contribution in [1.29, 1.82) is 0 Å². The zero-order valence-electron chi connectivity index (χ0n) is 14.9. The molecule has 146 valence electrons. The van der Waals surface area contributed by atoms with Crippen LogP contribution in [0.4, 0.5) is 0 Å². The van der Waals surface area contributed by atoms with E-state index in [0.717, 1.165) is 17.2 Å². The Morgan fingerprint density at radius 2 is 1.59 bits per heavy atom. The molecule has 0 amide bonds. The summed E-state index contributed by atoms with van der Waals surface area (Å²) >= 11 is 0. The van der Waals surface area contributed by atoms with E-state index in [1.54, 1.807) is 0 Å². The molecule has 0 fully saturated rings. The molecule has 2 rings (SSSR count). The predicted octanol–water partition coefficient (Wildman–Crippen LogP) is 3.26. The lowest BCUT2D eigenvalue weighted by molar-refractivity contribution is -0.139. The third-order valence-electron chi connectivity index (χ3n) is 4.26. The maximum atomic E-state index is 12.3. The Labute approximate surface area is 157 Å². The molecule has 2 aromatic carbocycles. The zero-order chi connectivity index (χ0) is 19.9. The molecule has 0 aromatic heterocycles. The van der Waals surface area contributed by atoms with Gasteiger partial charge in [-0.3, -0.25) is 14.2 Å². The van der Waals surface area contributed by atoms with E-state index in [0.29, 0.717) is 12.8 Å². The van der Waals surface area contributed by atoms with E-state index >= 15 is 0 Å². The van der Waals surface area contributed by atoms with Gasteiger partial charge < -0.3 is 15.1 Å². The van der Waals surface area contributed by atoms with Crippen LogP contribution >= 0.6 is 7.52 Å². The van der Waals surface area contributed by atoms with Crippen LogP contribution in [-0.4, -0.2) is 39.2 Å². The summed E-state index contributed by atoms with van der Waals surface area (Å²) in [7, 11) is -3.81. The Bertz CT molecular complexity index is 832. The molecule has 0 heterocycles. The first kappa shape index (κ1) is 21.1. The second kappa shape index (κ2) is 9.65. The molecule has 4 N–H and O–H groups in total. The molecule has 0 spiro atoms. The standard InChI is InChI=1S/C19H24NO6P/c21-18(22)12-16(13-19(23)24)20-27(25,26)11-4-3-7-15-9-5-8-14-6-1-2-10-17(14)15/h1-2,5-6,8-10,16H,3-4,7,11-13H2,(H,21,22)(H,23,24)(H2,20,25,26). The van der Waals surface area contributed by atoms with Crippen LogP contribution in [-0.2, 0) is 20.6 Å². The lowest BCUT2D eigenvalue weighted by Crippen LogP contribution is -2.32. The Hall–Kier alpha value is -2.21. The second-order valence-corrected chi connectivity index (χ2v) is 8.65. The second-order valence-electron chi connectivity index (χ2n) is 6.54. The highest BCUT2D eigenvalue weighted by Gasteiger charge is 2.26. The molecule has 1 atom stereocenters. The van der Waals surface area contributed by atoms with Gasteiger partial charge in [0.25, 0.3) is 7.52 Å². The third kappa shape index (κ3) is 7.13. The van der Waals surface area contributed by atoms with E-state index in [9.17, 15) is 19.0 Å². The van der Waals surface area contributed by atoms with Crippen LogP contribution in [0.1, 0.15) is 31.2 Å². The van der Waals surface area contributed by atoms with Crippen molar-refractivity contribution in [1.82, 2.24) is 5.09 Å². The summed E-state index contributed by atoms with van der Waals surface area (Å²) in [6, 6.07) is 13.0. The minimum absolute atomic E-state index is 0.0342. The van der Waals surface area contributed by atoms with Crippen LogP contribution in [0, 0.1) is 0 Å². The van der Waals surface area contributed by atoms with Gasteiger partial charge in [0, 0.05) is 12.2 Å². The first-order valence-corrected chi connectivity index (χ1v) is 10.6. The van der Waals surface area contributed by atoms with Crippen molar-refractivity contribution < 1.29 is 29.3 Å². The van der Waals surface area contributed by atoms with Crippen LogP contribution in [0.25, 0.3) is 10.8 Å². The molecule has 0 aliphatic heterocycles. The van der Waals surface area contributed by atoms with Crippen LogP contribution < -0.4 is 5.09 Å². The van der Waals surface area contributed by atoms with Gasteiger partial charge in [-0.15, -0.1) is 0 Å². The number of benzene rings is 2. The molecular formula is C19H24NO6P. The molecule has 27 heavy (non-hydrogen) atoms. The molecule has 0 saturated carbocycles. The number of aryl methyl sites for hydroxylation is 1. The largest absolute Gasteiger partial charge is 0.481 e. The fourth-order valence-electron chi connectivity index (χ4n) is 3.09. The zero-order valence-corrected chi connectivity index (χ0v) is 15.8. The minimum atomic E-state index is -3.81. The van der Waals surface area contributed by atoms with Crippen molar-refractivity contribution in [2.45, 2.75) is 38.1 Å². The van der Waals surface area contributed by atoms with Gasteiger partial charge in [-0.2, -0.15) is 0 Å². The molecule has 2 aromatic rings. The first-order chi connectivity index (χ1) is 12.8. The molecule has 8 heteroatoms. The van der Waals surface area contributed by atoms with Crippen molar-refractivity contribution in [3.63, 3.8) is 0 Å². The number of hydrogen-bond acceptors (Lipinski definition) is 3.